The van der Waals surface area contributed by atoms with Crippen molar-refractivity contribution in [2.75, 3.05) is 0 Å². The van der Waals surface area contributed by atoms with E-state index >= 15 is 0 Å². The Bertz CT molecular complexity index is 278. The number of rotatable bonds is 6. The van der Waals surface area contributed by atoms with Gasteiger partial charge in [-0.2, -0.15) is 0 Å². The Morgan fingerprint density at radius 2 is 2.31 bits per heavy atom. The molecule has 2 N–H and O–H groups in total. The molecular weight excluding hydrogens is 247 g/mol. The summed E-state index contributed by atoms with van der Waals surface area (Å²) >= 11 is 11.5. The summed E-state index contributed by atoms with van der Waals surface area (Å²) in [5, 5.41) is 7.42. The number of hydrogen-bond donors (Lipinski definition) is 2. The molecule has 1 aliphatic heterocycles. The average molecular weight is 265 g/mol. The van der Waals surface area contributed by atoms with Gasteiger partial charge in [0, 0.05) is 12.1 Å². The maximum atomic E-state index is 5.78. The summed E-state index contributed by atoms with van der Waals surface area (Å²) in [5.74, 6) is 0.777. The molecule has 6 heteroatoms. The van der Waals surface area contributed by atoms with Gasteiger partial charge in [0.2, 0.25) is 0 Å². The monoisotopic (exact) mass is 264 g/mol. The number of nitrogens with one attached hydrogen (secondary N) is 2. The third-order valence-electron chi connectivity index (χ3n) is 2.30. The Morgan fingerprint density at radius 1 is 1.56 bits per heavy atom. The number of nitrogens with zero attached hydrogens (tertiary/aromatic N) is 2. The van der Waals surface area contributed by atoms with Crippen LogP contribution in [-0.4, -0.2) is 15.8 Å². The molecule has 0 saturated carbocycles. The third-order valence-corrected chi connectivity index (χ3v) is 2.65. The Morgan fingerprint density at radius 3 is 2.94 bits per heavy atom. The van der Waals surface area contributed by atoms with Gasteiger partial charge in [-0.15, -0.1) is 9.74 Å². The number of hydrazone groups is 1. The second-order valence-corrected chi connectivity index (χ2v) is 4.60. The number of unbranched alkanes of at least 4 members (excludes halogenated alkanes) is 2. The van der Waals surface area contributed by atoms with Crippen LogP contribution in [0.1, 0.15) is 39.5 Å². The summed E-state index contributed by atoms with van der Waals surface area (Å²) in [5.41, 5.74) is 2.84. The van der Waals surface area contributed by atoms with Crippen molar-refractivity contribution < 1.29 is 0 Å². The molecule has 0 aromatic carbocycles. The lowest BCUT2D eigenvalue weighted by molar-refractivity contribution is 0.362. The summed E-state index contributed by atoms with van der Waals surface area (Å²) in [7, 11) is 0. The fraction of sp³-hybridized carbons (Fsp3) is 0.700. The molecule has 1 heterocycles. The highest BCUT2D eigenvalue weighted by Gasteiger charge is 2.11. The van der Waals surface area contributed by atoms with Gasteiger partial charge in [0.15, 0.2) is 5.17 Å². The van der Waals surface area contributed by atoms with E-state index in [1.54, 1.807) is 6.08 Å². The third kappa shape index (κ3) is 4.94. The molecule has 0 aliphatic carbocycles. The molecule has 0 aromatic heterocycles. The zero-order chi connectivity index (χ0) is 12.0. The van der Waals surface area contributed by atoms with Crippen LogP contribution in [0.2, 0.25) is 0 Å². The van der Waals surface area contributed by atoms with Crippen LogP contribution >= 0.6 is 23.4 Å². The number of hydrogen-bond acceptors (Lipinski definition) is 4. The first-order valence-electron chi connectivity index (χ1n) is 5.56. The average Bonchev–Trinajstić information content (AvgIpc) is 2.16. The molecule has 0 amide bonds. The fourth-order valence-corrected chi connectivity index (χ4v) is 1.90. The van der Waals surface area contributed by atoms with Gasteiger partial charge >= 0.3 is 0 Å². The molecule has 0 fully saturated rings. The predicted octanol–water partition coefficient (Wildman–Crippen LogP) is 2.91. The number of allylic oxidation sites excluding steroid dienone is 1. The molecule has 0 radical (unpaired) electrons. The zero-order valence-corrected chi connectivity index (χ0v) is 11.1. The van der Waals surface area contributed by atoms with E-state index in [2.05, 4.69) is 29.7 Å². The van der Waals surface area contributed by atoms with Gasteiger partial charge in [-0.3, -0.25) is 5.43 Å². The maximum Gasteiger partial charge on any atom is 0.156 e. The van der Waals surface area contributed by atoms with Crippen molar-refractivity contribution in [3.05, 3.63) is 11.9 Å². The van der Waals surface area contributed by atoms with E-state index < -0.39 is 0 Å². The summed E-state index contributed by atoms with van der Waals surface area (Å²) < 4.78 is 1.07. The van der Waals surface area contributed by atoms with Crippen LogP contribution in [0.4, 0.5) is 0 Å². The predicted molar refractivity (Wildman–Crippen MR) is 68.9 cm³/mol. The van der Waals surface area contributed by atoms with E-state index in [1.165, 1.54) is 19.3 Å². The van der Waals surface area contributed by atoms with Gasteiger partial charge in [0.25, 0.3) is 0 Å². The minimum Gasteiger partial charge on any atom is -0.368 e. The van der Waals surface area contributed by atoms with Gasteiger partial charge in [-0.1, -0.05) is 37.8 Å². The maximum absolute atomic E-state index is 5.78. The molecule has 16 heavy (non-hydrogen) atoms. The molecular formula is C10H18Cl2N4. The van der Waals surface area contributed by atoms with E-state index in [4.69, 9.17) is 23.4 Å². The molecule has 1 atom stereocenters. The summed E-state index contributed by atoms with van der Waals surface area (Å²) in [6.45, 7) is 4.33. The van der Waals surface area contributed by atoms with E-state index in [9.17, 15) is 0 Å². The lowest BCUT2D eigenvalue weighted by atomic mass is 10.1. The van der Waals surface area contributed by atoms with Crippen LogP contribution in [0.15, 0.2) is 17.0 Å². The van der Waals surface area contributed by atoms with Crippen molar-refractivity contribution >= 4 is 28.5 Å². The second kappa shape index (κ2) is 6.86. The highest BCUT2D eigenvalue weighted by Crippen LogP contribution is 2.08. The Balaban J connectivity index is 2.33. The summed E-state index contributed by atoms with van der Waals surface area (Å²) in [6, 6.07) is 0.387. The van der Waals surface area contributed by atoms with Crippen molar-refractivity contribution in [2.45, 2.75) is 45.6 Å². The minimum atomic E-state index is 0.358. The Labute approximate surface area is 107 Å². The first-order valence-corrected chi connectivity index (χ1v) is 6.28. The Hall–Kier alpha value is -0.610. The molecule has 1 unspecified atom stereocenters. The van der Waals surface area contributed by atoms with Crippen LogP contribution in [0.3, 0.4) is 0 Å². The first-order chi connectivity index (χ1) is 7.61. The smallest absolute Gasteiger partial charge is 0.156 e. The number of hydrazine groups is 1. The Kier molecular flexibility index (Phi) is 5.77. The van der Waals surface area contributed by atoms with Crippen molar-refractivity contribution in [1.82, 2.24) is 15.4 Å². The van der Waals surface area contributed by atoms with E-state index in [0.717, 1.165) is 16.9 Å². The van der Waals surface area contributed by atoms with Gasteiger partial charge in [-0.05, 0) is 13.3 Å². The van der Waals surface area contributed by atoms with Crippen LogP contribution in [0.5, 0.6) is 0 Å². The summed E-state index contributed by atoms with van der Waals surface area (Å²) in [6.07, 6.45) is 6.58. The van der Waals surface area contributed by atoms with Crippen molar-refractivity contribution in [3.63, 3.8) is 0 Å². The normalized spacial score (nSPS) is 17.4. The van der Waals surface area contributed by atoms with Crippen molar-refractivity contribution in [1.29, 1.82) is 0 Å². The van der Waals surface area contributed by atoms with E-state index in [-0.39, 0.29) is 0 Å². The molecule has 0 saturated heterocycles. The topological polar surface area (TPSA) is 39.7 Å². The lowest BCUT2D eigenvalue weighted by Crippen LogP contribution is -2.39. The first kappa shape index (κ1) is 13.5. The number of halogens is 2. The van der Waals surface area contributed by atoms with Crippen molar-refractivity contribution in [2.24, 2.45) is 5.10 Å². The molecule has 1 rings (SSSR count). The second-order valence-electron chi connectivity index (χ2n) is 3.89. The standard InChI is InChI=1S/C10H18Cl2N4/c1-3-4-5-6-8(2)13-10-7-9(11)14-16(12)15-10/h7-8,13,15H,3-6H2,1-2H3. The SMILES string of the molecule is CCCCCC(C)NC1=CC(Cl)=NN(Cl)N1. The van der Waals surface area contributed by atoms with Gasteiger partial charge in [-0.25, -0.2) is 0 Å². The van der Waals surface area contributed by atoms with E-state index in [0.29, 0.717) is 11.2 Å². The fourth-order valence-electron chi connectivity index (χ4n) is 1.50. The van der Waals surface area contributed by atoms with Crippen molar-refractivity contribution in [3.8, 4) is 0 Å². The quantitative estimate of drug-likeness (QED) is 0.573. The largest absolute Gasteiger partial charge is 0.368 e. The van der Waals surface area contributed by atoms with Crippen LogP contribution in [0, 0.1) is 0 Å². The van der Waals surface area contributed by atoms with Crippen LogP contribution < -0.4 is 10.7 Å². The molecule has 1 aliphatic rings. The van der Waals surface area contributed by atoms with E-state index in [1.807, 2.05) is 0 Å². The molecule has 0 spiro atoms. The minimum absolute atomic E-state index is 0.358. The van der Waals surface area contributed by atoms with Gasteiger partial charge in [0.1, 0.15) is 5.82 Å². The molecule has 0 aromatic rings. The molecule has 92 valence electrons. The molecule has 0 bridgehead atoms. The highest BCUT2D eigenvalue weighted by molar-refractivity contribution is 6.68. The molecule has 4 nitrogen and oxygen atoms in total. The van der Waals surface area contributed by atoms with Crippen LogP contribution in [-0.2, 0) is 0 Å². The van der Waals surface area contributed by atoms with Crippen LogP contribution in [0.25, 0.3) is 0 Å². The highest BCUT2D eigenvalue weighted by atomic mass is 35.5. The van der Waals surface area contributed by atoms with Gasteiger partial charge < -0.3 is 5.32 Å². The zero-order valence-electron chi connectivity index (χ0n) is 9.63. The van der Waals surface area contributed by atoms with Gasteiger partial charge in [0.05, 0.1) is 11.8 Å². The summed E-state index contributed by atoms with van der Waals surface area (Å²) in [4.78, 5) is 0. The lowest BCUT2D eigenvalue weighted by Gasteiger charge is -2.23.